The summed E-state index contributed by atoms with van der Waals surface area (Å²) >= 11 is 0. The molecule has 0 amide bonds. The highest BCUT2D eigenvalue weighted by atomic mass is 16.5. The zero-order chi connectivity index (χ0) is 28.0. The van der Waals surface area contributed by atoms with Gasteiger partial charge < -0.3 is 9.84 Å². The van der Waals surface area contributed by atoms with Gasteiger partial charge in [-0.15, -0.1) is 0 Å². The second-order valence-electron chi connectivity index (χ2n) is 8.68. The summed E-state index contributed by atoms with van der Waals surface area (Å²) < 4.78 is 4.97. The Kier molecular flexibility index (Phi) is 11.0. The number of esters is 1. The molecule has 4 nitrogen and oxygen atoms in total. The average Bonchev–Trinajstić information content (AvgIpc) is 3.00. The van der Waals surface area contributed by atoms with Crippen LogP contribution in [0.3, 0.4) is 0 Å². The van der Waals surface area contributed by atoms with Crippen LogP contribution in [-0.2, 0) is 14.3 Å². The van der Waals surface area contributed by atoms with Crippen LogP contribution in [0.25, 0.3) is 22.3 Å². The highest BCUT2D eigenvalue weighted by Gasteiger charge is 2.18. The molecule has 1 N–H and O–H groups in total. The number of methoxy groups -OCH3 is 1. The van der Waals surface area contributed by atoms with E-state index in [1.54, 1.807) is 0 Å². The van der Waals surface area contributed by atoms with Crippen LogP contribution in [-0.4, -0.2) is 24.2 Å². The van der Waals surface area contributed by atoms with Crippen LogP contribution < -0.4 is 0 Å². The summed E-state index contributed by atoms with van der Waals surface area (Å²) in [5, 5.41) is 9.53. The van der Waals surface area contributed by atoms with Gasteiger partial charge in [0.15, 0.2) is 0 Å². The largest absolute Gasteiger partial charge is 0.478 e. The molecule has 0 saturated heterocycles. The lowest BCUT2D eigenvalue weighted by atomic mass is 9.93. The van der Waals surface area contributed by atoms with E-state index in [2.05, 4.69) is 0 Å². The number of benzene rings is 4. The predicted octanol–water partition coefficient (Wildman–Crippen LogP) is 8.27. The van der Waals surface area contributed by atoms with Crippen LogP contribution in [0.5, 0.6) is 0 Å². The van der Waals surface area contributed by atoms with Crippen molar-refractivity contribution in [2.75, 3.05) is 7.11 Å². The van der Waals surface area contributed by atoms with Crippen molar-refractivity contribution in [3.63, 3.8) is 0 Å². The molecule has 0 atom stereocenters. The first-order chi connectivity index (χ1) is 19.0. The van der Waals surface area contributed by atoms with Crippen molar-refractivity contribution in [3.05, 3.63) is 144 Å². The molecular formula is C35H34O4. The Balaban J connectivity index is 0.000000216. The van der Waals surface area contributed by atoms with E-state index in [1.807, 2.05) is 135 Å². The Morgan fingerprint density at radius 2 is 0.846 bits per heavy atom. The Hall–Kier alpha value is -4.70. The van der Waals surface area contributed by atoms with E-state index < -0.39 is 5.97 Å². The molecule has 198 valence electrons. The summed E-state index contributed by atoms with van der Waals surface area (Å²) in [4.78, 5) is 23.8. The van der Waals surface area contributed by atoms with Crippen molar-refractivity contribution >= 4 is 34.2 Å². The van der Waals surface area contributed by atoms with Gasteiger partial charge in [0.25, 0.3) is 0 Å². The quantitative estimate of drug-likeness (QED) is 0.145. The summed E-state index contributed by atoms with van der Waals surface area (Å²) in [5.74, 6) is -1.18. The van der Waals surface area contributed by atoms with Crippen LogP contribution >= 0.6 is 0 Å². The fourth-order valence-corrected chi connectivity index (χ4v) is 4.48. The summed E-state index contributed by atoms with van der Waals surface area (Å²) in [7, 11) is 1.42. The second-order valence-corrected chi connectivity index (χ2v) is 8.68. The Labute approximate surface area is 230 Å². The van der Waals surface area contributed by atoms with E-state index in [1.165, 1.54) is 7.11 Å². The molecule has 4 rings (SSSR count). The molecule has 4 aromatic carbocycles. The Bertz CT molecular complexity index is 1400. The van der Waals surface area contributed by atoms with E-state index in [-0.39, 0.29) is 5.97 Å². The van der Waals surface area contributed by atoms with Crippen LogP contribution in [0, 0.1) is 0 Å². The monoisotopic (exact) mass is 518 g/mol. The van der Waals surface area contributed by atoms with Gasteiger partial charge in [0.2, 0.25) is 0 Å². The van der Waals surface area contributed by atoms with Crippen molar-refractivity contribution in [3.8, 4) is 0 Å². The lowest BCUT2D eigenvalue weighted by Gasteiger charge is -2.13. The molecular weight excluding hydrogens is 484 g/mol. The van der Waals surface area contributed by atoms with Gasteiger partial charge in [0.1, 0.15) is 0 Å². The lowest BCUT2D eigenvalue weighted by Crippen LogP contribution is -2.07. The van der Waals surface area contributed by atoms with Crippen molar-refractivity contribution in [2.45, 2.75) is 26.7 Å². The molecule has 4 aromatic rings. The first-order valence-corrected chi connectivity index (χ1v) is 13.0. The number of allylic oxidation sites excluding steroid dienone is 2. The molecule has 0 aliphatic rings. The van der Waals surface area contributed by atoms with Crippen molar-refractivity contribution in [1.82, 2.24) is 0 Å². The molecule has 0 spiro atoms. The topological polar surface area (TPSA) is 63.6 Å². The summed E-state index contributed by atoms with van der Waals surface area (Å²) in [6.07, 6.45) is 1.45. The fraction of sp³-hybridized carbons (Fsp3) is 0.143. The van der Waals surface area contributed by atoms with Gasteiger partial charge in [-0.2, -0.15) is 0 Å². The maximum Gasteiger partial charge on any atom is 0.338 e. The van der Waals surface area contributed by atoms with E-state index in [4.69, 9.17) is 4.74 Å². The highest BCUT2D eigenvalue weighted by molar-refractivity contribution is 6.24. The van der Waals surface area contributed by atoms with E-state index in [0.29, 0.717) is 17.6 Å². The van der Waals surface area contributed by atoms with E-state index in [9.17, 15) is 14.7 Å². The van der Waals surface area contributed by atoms with Gasteiger partial charge in [-0.1, -0.05) is 135 Å². The molecule has 4 heteroatoms. The molecule has 0 saturated carbocycles. The van der Waals surface area contributed by atoms with Crippen LogP contribution in [0.4, 0.5) is 0 Å². The van der Waals surface area contributed by atoms with Crippen molar-refractivity contribution < 1.29 is 19.4 Å². The van der Waals surface area contributed by atoms with Gasteiger partial charge in [0, 0.05) is 0 Å². The van der Waals surface area contributed by atoms with Gasteiger partial charge in [-0.05, 0) is 46.2 Å². The summed E-state index contributed by atoms with van der Waals surface area (Å²) in [6.45, 7) is 4.03. The fourth-order valence-electron chi connectivity index (χ4n) is 4.48. The highest BCUT2D eigenvalue weighted by Crippen LogP contribution is 2.30. The van der Waals surface area contributed by atoms with Crippen LogP contribution in [0.15, 0.2) is 121 Å². The smallest absolute Gasteiger partial charge is 0.338 e. The third-order valence-electron chi connectivity index (χ3n) is 6.28. The standard InChI is InChI=1S/C18H18O2.C17H16O2/c1-3-16(14-10-6-4-7-11-14)17(18(19)20-2)15-12-8-5-9-13-15;1-2-15(13-9-5-3-6-10-13)16(17(18)19)14-11-7-4-8-12-14/h4-13H,3H2,1-2H3;3-12H,2H2,1H3,(H,18,19). The molecule has 0 bridgehead atoms. The first-order valence-electron chi connectivity index (χ1n) is 13.0. The summed E-state index contributed by atoms with van der Waals surface area (Å²) in [5.41, 5.74) is 6.54. The number of carboxylic acids is 1. The second kappa shape index (κ2) is 14.9. The van der Waals surface area contributed by atoms with Crippen LogP contribution in [0.2, 0.25) is 0 Å². The molecule has 0 heterocycles. The SMILES string of the molecule is CCC(=C(C(=O)O)c1ccccc1)c1ccccc1.CCC(=C(C(=O)OC)c1ccccc1)c1ccccc1. The number of aliphatic carboxylic acids is 1. The Morgan fingerprint density at radius 3 is 1.15 bits per heavy atom. The van der Waals surface area contributed by atoms with Gasteiger partial charge >= 0.3 is 11.9 Å². The van der Waals surface area contributed by atoms with Crippen LogP contribution in [0.1, 0.15) is 48.9 Å². The predicted molar refractivity (Wildman–Crippen MR) is 160 cm³/mol. The van der Waals surface area contributed by atoms with E-state index in [0.717, 1.165) is 39.8 Å². The number of rotatable bonds is 8. The number of carbonyl (C=O) groups is 2. The minimum absolute atomic E-state index is 0.295. The lowest BCUT2D eigenvalue weighted by molar-refractivity contribution is -0.133. The molecule has 0 unspecified atom stereocenters. The maximum absolute atomic E-state index is 12.2. The molecule has 39 heavy (non-hydrogen) atoms. The van der Waals surface area contributed by atoms with Crippen molar-refractivity contribution in [1.29, 1.82) is 0 Å². The van der Waals surface area contributed by atoms with Gasteiger partial charge in [0.05, 0.1) is 18.3 Å². The number of carboxylic acid groups (broad SMARTS) is 1. The first kappa shape index (κ1) is 28.9. The molecule has 0 aliphatic heterocycles. The van der Waals surface area contributed by atoms with Crippen molar-refractivity contribution in [2.24, 2.45) is 0 Å². The van der Waals surface area contributed by atoms with E-state index >= 15 is 0 Å². The summed E-state index contributed by atoms with van der Waals surface area (Å²) in [6, 6.07) is 38.6. The number of hydrogen-bond donors (Lipinski definition) is 1. The van der Waals surface area contributed by atoms with Gasteiger partial charge in [-0.25, -0.2) is 9.59 Å². The van der Waals surface area contributed by atoms with Gasteiger partial charge in [-0.3, -0.25) is 0 Å². The Morgan fingerprint density at radius 1 is 0.538 bits per heavy atom. The molecule has 0 radical (unpaired) electrons. The zero-order valence-electron chi connectivity index (χ0n) is 22.6. The molecule has 0 aliphatic carbocycles. The zero-order valence-corrected chi connectivity index (χ0v) is 22.6. The minimum atomic E-state index is -0.882. The molecule has 0 aromatic heterocycles. The number of hydrogen-bond acceptors (Lipinski definition) is 3. The third kappa shape index (κ3) is 7.65. The number of ether oxygens (including phenoxy) is 1. The maximum atomic E-state index is 12.2. The normalized spacial score (nSPS) is 11.8. The minimum Gasteiger partial charge on any atom is -0.478 e. The molecule has 0 fully saturated rings. The number of carbonyl (C=O) groups excluding carboxylic acids is 1. The average molecular weight is 519 g/mol. The third-order valence-corrected chi connectivity index (χ3v) is 6.28.